The highest BCUT2D eigenvalue weighted by Gasteiger charge is 2.78. The molecular weight excluding hydrogens is 489 g/mol. The molecule has 0 unspecified atom stereocenters. The smallest absolute Gasteiger partial charge is 0.351 e. The number of ketones is 1. The quantitative estimate of drug-likeness (QED) is 0.378. The van der Waals surface area contributed by atoms with Crippen molar-refractivity contribution in [3.8, 4) is 0 Å². The first kappa shape index (κ1) is 25.6. The summed E-state index contributed by atoms with van der Waals surface area (Å²) in [4.78, 5) is 36.5. The van der Waals surface area contributed by atoms with Crippen LogP contribution in [0.3, 0.4) is 0 Å². The maximum Gasteiger partial charge on any atom is 0.351 e. The molecule has 5 nitrogen and oxygen atoms in total. The van der Waals surface area contributed by atoms with Crippen molar-refractivity contribution in [2.75, 3.05) is 7.11 Å². The van der Waals surface area contributed by atoms with E-state index in [9.17, 15) is 18.8 Å². The molecule has 3 fully saturated rings. The third kappa shape index (κ3) is 2.86. The third-order valence-corrected chi connectivity index (χ3v) is 10.8. The van der Waals surface area contributed by atoms with Crippen molar-refractivity contribution in [3.05, 3.63) is 23.6 Å². The molecule has 4 aliphatic rings. The van der Waals surface area contributed by atoms with E-state index < -0.39 is 68.2 Å². The van der Waals surface area contributed by atoms with Gasteiger partial charge < -0.3 is 9.47 Å². The normalized spacial score (nSPS) is 47.6. The SMILES string of the molecule is CCC(=O)O[C@]1(C(=O)OC)[C@H](C)C[C@H]2[C@@H]3C[C@H](F)C4=C(F)C(=O)C=C[C@]4(C)[C@@]3(Cl)[C@@H](Cl)C[C@@]21C. The molecule has 3 saturated carbocycles. The Hall–Kier alpha value is -1.47. The highest BCUT2D eigenvalue weighted by atomic mass is 35.5. The number of ether oxygens (including phenoxy) is 2. The number of carbonyl (C=O) groups is 3. The summed E-state index contributed by atoms with van der Waals surface area (Å²) >= 11 is 14.4. The van der Waals surface area contributed by atoms with Crippen LogP contribution in [0.25, 0.3) is 0 Å². The molecule has 0 aromatic carbocycles. The lowest BCUT2D eigenvalue weighted by molar-refractivity contribution is -0.208. The molecule has 0 aliphatic heterocycles. The predicted octanol–water partition coefficient (Wildman–Crippen LogP) is 5.23. The van der Waals surface area contributed by atoms with Crippen LogP contribution in [-0.2, 0) is 23.9 Å². The summed E-state index contributed by atoms with van der Waals surface area (Å²) in [7, 11) is 1.24. The summed E-state index contributed by atoms with van der Waals surface area (Å²) in [6.45, 7) is 6.90. The Morgan fingerprint density at radius 3 is 2.47 bits per heavy atom. The van der Waals surface area contributed by atoms with E-state index >= 15 is 4.39 Å². The first-order valence-corrected chi connectivity index (χ1v) is 12.5. The average Bonchev–Trinajstić information content (AvgIpc) is 3.00. The van der Waals surface area contributed by atoms with Crippen molar-refractivity contribution in [1.82, 2.24) is 0 Å². The number of esters is 2. The summed E-state index contributed by atoms with van der Waals surface area (Å²) in [6.07, 6.45) is 1.30. The van der Waals surface area contributed by atoms with Crippen molar-refractivity contribution in [2.45, 2.75) is 75.4 Å². The fraction of sp³-hybridized carbons (Fsp3) is 0.720. The number of allylic oxidation sites excluding steroid dienone is 4. The second-order valence-corrected chi connectivity index (χ2v) is 11.7. The van der Waals surface area contributed by atoms with Crippen molar-refractivity contribution >= 4 is 40.9 Å². The monoisotopic (exact) mass is 518 g/mol. The second-order valence-electron chi connectivity index (χ2n) is 10.6. The molecule has 0 aromatic heterocycles. The van der Waals surface area contributed by atoms with Gasteiger partial charge in [0.2, 0.25) is 11.4 Å². The lowest BCUT2D eigenvalue weighted by atomic mass is 9.46. The molecule has 4 aliphatic carbocycles. The summed E-state index contributed by atoms with van der Waals surface area (Å²) in [6, 6.07) is 0. The zero-order valence-electron chi connectivity index (χ0n) is 19.9. The molecule has 0 N–H and O–H groups in total. The van der Waals surface area contributed by atoms with Gasteiger partial charge in [0.1, 0.15) is 6.17 Å². The number of halogens is 4. The Labute approximate surface area is 208 Å². The van der Waals surface area contributed by atoms with Crippen LogP contribution < -0.4 is 0 Å². The molecule has 0 radical (unpaired) electrons. The minimum absolute atomic E-state index is 0.0657. The van der Waals surface area contributed by atoms with Crippen LogP contribution in [-0.4, -0.2) is 46.9 Å². The van der Waals surface area contributed by atoms with Gasteiger partial charge >= 0.3 is 11.9 Å². The van der Waals surface area contributed by atoms with E-state index in [4.69, 9.17) is 32.7 Å². The number of carbonyl (C=O) groups excluding carboxylic acids is 3. The largest absolute Gasteiger partial charge is 0.466 e. The van der Waals surface area contributed by atoms with Gasteiger partial charge in [-0.15, -0.1) is 23.2 Å². The third-order valence-electron chi connectivity index (χ3n) is 9.26. The van der Waals surface area contributed by atoms with E-state index in [0.717, 1.165) is 6.08 Å². The molecule has 9 heteroatoms. The minimum atomic E-state index is -1.75. The first-order chi connectivity index (χ1) is 15.8. The average molecular weight is 519 g/mol. The van der Waals surface area contributed by atoms with Gasteiger partial charge in [-0.2, -0.15) is 0 Å². The van der Waals surface area contributed by atoms with Crippen LogP contribution in [0.5, 0.6) is 0 Å². The molecule has 188 valence electrons. The Morgan fingerprint density at radius 1 is 1.24 bits per heavy atom. The van der Waals surface area contributed by atoms with Gasteiger partial charge in [-0.25, -0.2) is 13.6 Å². The molecule has 0 heterocycles. The maximum absolute atomic E-state index is 15.7. The highest BCUT2D eigenvalue weighted by Crippen LogP contribution is 2.73. The van der Waals surface area contributed by atoms with Crippen molar-refractivity contribution in [2.24, 2.45) is 28.6 Å². The Morgan fingerprint density at radius 2 is 1.88 bits per heavy atom. The number of hydrogen-bond donors (Lipinski definition) is 0. The van der Waals surface area contributed by atoms with Crippen LogP contribution >= 0.6 is 23.2 Å². The van der Waals surface area contributed by atoms with E-state index in [2.05, 4.69) is 0 Å². The molecule has 9 atom stereocenters. The van der Waals surface area contributed by atoms with Crippen LogP contribution in [0.2, 0.25) is 0 Å². The molecule has 0 bridgehead atoms. The second kappa shape index (κ2) is 8.02. The lowest BCUT2D eigenvalue weighted by Crippen LogP contribution is -2.69. The number of fused-ring (bicyclic) bond motifs is 5. The standard InChI is InChI=1S/C25H30Cl2F2O5/c1-6-18(31)34-25(21(32)33-5)12(2)9-13-14-10-15(28)19-20(29)16(30)7-8-22(19,3)24(14,27)17(26)11-23(13,25)4/h7-8,12-15,17H,6,9-11H2,1-5H3/t12-,13+,14+,15+,17+,22+,23+,24+,25+/m1/s1. The Balaban J connectivity index is 1.90. The fourth-order valence-corrected chi connectivity index (χ4v) is 8.84. The van der Waals surface area contributed by atoms with Crippen molar-refractivity contribution in [3.63, 3.8) is 0 Å². The maximum atomic E-state index is 15.7. The summed E-state index contributed by atoms with van der Waals surface area (Å²) < 4.78 is 41.6. The van der Waals surface area contributed by atoms with Gasteiger partial charge in [0.05, 0.1) is 17.4 Å². The highest BCUT2D eigenvalue weighted by molar-refractivity contribution is 6.34. The predicted molar refractivity (Wildman–Crippen MR) is 123 cm³/mol. The molecule has 0 amide bonds. The Bertz CT molecular complexity index is 1010. The Kier molecular flexibility index (Phi) is 6.04. The molecule has 0 saturated heterocycles. The minimum Gasteiger partial charge on any atom is -0.466 e. The molecule has 0 spiro atoms. The van der Waals surface area contributed by atoms with Gasteiger partial charge in [-0.3, -0.25) is 9.59 Å². The van der Waals surface area contributed by atoms with Crippen molar-refractivity contribution in [1.29, 1.82) is 0 Å². The molecule has 34 heavy (non-hydrogen) atoms. The molecular formula is C25H30Cl2F2O5. The van der Waals surface area contributed by atoms with Gasteiger partial charge in [-0.05, 0) is 37.2 Å². The fourth-order valence-electron chi connectivity index (χ4n) is 7.65. The summed E-state index contributed by atoms with van der Waals surface area (Å²) in [5.41, 5.74) is -4.22. The first-order valence-electron chi connectivity index (χ1n) is 11.7. The van der Waals surface area contributed by atoms with Gasteiger partial charge in [0.15, 0.2) is 5.83 Å². The van der Waals surface area contributed by atoms with Crippen LogP contribution in [0, 0.1) is 28.6 Å². The molecule has 0 aromatic rings. The number of rotatable bonds is 3. The summed E-state index contributed by atoms with van der Waals surface area (Å²) in [5.74, 6) is -4.63. The van der Waals surface area contributed by atoms with E-state index in [1.807, 2.05) is 13.8 Å². The van der Waals surface area contributed by atoms with Crippen LogP contribution in [0.4, 0.5) is 8.78 Å². The zero-order chi connectivity index (χ0) is 25.4. The summed E-state index contributed by atoms with van der Waals surface area (Å²) in [5, 5.41) is -0.853. The van der Waals surface area contributed by atoms with E-state index in [-0.39, 0.29) is 30.8 Å². The van der Waals surface area contributed by atoms with Crippen molar-refractivity contribution < 1.29 is 32.6 Å². The van der Waals surface area contributed by atoms with Gasteiger partial charge in [-0.1, -0.05) is 33.8 Å². The van der Waals surface area contributed by atoms with Crippen LogP contribution in [0.15, 0.2) is 23.6 Å². The topological polar surface area (TPSA) is 69.7 Å². The van der Waals surface area contributed by atoms with Gasteiger partial charge in [0, 0.05) is 28.7 Å². The van der Waals surface area contributed by atoms with E-state index in [1.54, 1.807) is 13.8 Å². The zero-order valence-corrected chi connectivity index (χ0v) is 21.4. The van der Waals surface area contributed by atoms with Gasteiger partial charge in [0.25, 0.3) is 0 Å². The number of hydrogen-bond acceptors (Lipinski definition) is 5. The number of alkyl halides is 3. The lowest BCUT2D eigenvalue weighted by Gasteiger charge is -2.64. The number of methoxy groups -OCH3 is 1. The van der Waals surface area contributed by atoms with E-state index in [0.29, 0.717) is 6.42 Å². The van der Waals surface area contributed by atoms with E-state index in [1.165, 1.54) is 13.2 Å². The molecule has 4 rings (SSSR count). The van der Waals surface area contributed by atoms with Crippen LogP contribution in [0.1, 0.15) is 53.4 Å².